The molecule has 30 heavy (non-hydrogen) atoms. The van der Waals surface area contributed by atoms with E-state index >= 15 is 0 Å². The second kappa shape index (κ2) is 19.2. The Kier molecular flexibility index (Phi) is 17.7. The van der Waals surface area contributed by atoms with Gasteiger partial charge >= 0.3 is 0 Å². The quantitative estimate of drug-likeness (QED) is 0.179. The number of aliphatic hydroxyl groups is 3. The lowest BCUT2D eigenvalue weighted by Crippen LogP contribution is -2.41. The molecule has 0 radical (unpaired) electrons. The Morgan fingerprint density at radius 3 is 1.77 bits per heavy atom. The fourth-order valence-electron chi connectivity index (χ4n) is 4.13. The zero-order valence-electron chi connectivity index (χ0n) is 19.2. The van der Waals surface area contributed by atoms with E-state index in [4.69, 9.17) is 14.6 Å². The number of aliphatic hydroxyl groups excluding tert-OH is 3. The summed E-state index contributed by atoms with van der Waals surface area (Å²) in [5.74, 6) is 0. The molecule has 0 aromatic heterocycles. The third-order valence-corrected chi connectivity index (χ3v) is 6.12. The van der Waals surface area contributed by atoms with Crippen molar-refractivity contribution >= 4 is 0 Å². The van der Waals surface area contributed by atoms with Crippen LogP contribution in [0, 0.1) is 0 Å². The van der Waals surface area contributed by atoms with Crippen LogP contribution in [0.4, 0.5) is 0 Å². The molecule has 3 N–H and O–H groups in total. The Morgan fingerprint density at radius 1 is 0.833 bits per heavy atom. The van der Waals surface area contributed by atoms with E-state index in [0.717, 1.165) is 12.8 Å². The molecule has 178 valence electrons. The Balaban J connectivity index is 1.78. The molecular weight excluding hydrogens is 380 g/mol. The summed E-state index contributed by atoms with van der Waals surface area (Å²) in [6.07, 6.45) is 20.0. The lowest BCUT2D eigenvalue weighted by Gasteiger charge is -2.20. The molecule has 1 aliphatic heterocycles. The SMILES string of the molecule is C=CCCCCCCCCCCCCCCCCCO[C@@H]1CO[C@H]([C@@H](O)CO)[C@@H]1O. The van der Waals surface area contributed by atoms with Crippen molar-refractivity contribution in [3.05, 3.63) is 12.7 Å². The minimum absolute atomic E-state index is 0.276. The highest BCUT2D eigenvalue weighted by Gasteiger charge is 2.40. The maximum absolute atomic E-state index is 10.1. The third kappa shape index (κ3) is 13.1. The Bertz CT molecular complexity index is 390. The van der Waals surface area contributed by atoms with Crippen LogP contribution in [-0.2, 0) is 9.47 Å². The number of hydrogen-bond donors (Lipinski definition) is 3. The third-order valence-electron chi connectivity index (χ3n) is 6.12. The molecule has 0 bridgehead atoms. The van der Waals surface area contributed by atoms with Gasteiger partial charge in [0, 0.05) is 6.61 Å². The molecule has 5 heteroatoms. The first kappa shape index (κ1) is 27.6. The van der Waals surface area contributed by atoms with Gasteiger partial charge in [0.25, 0.3) is 0 Å². The van der Waals surface area contributed by atoms with Crippen LogP contribution in [0.3, 0.4) is 0 Å². The Labute approximate surface area is 184 Å². The first-order valence-electron chi connectivity index (χ1n) is 12.5. The van der Waals surface area contributed by atoms with E-state index in [-0.39, 0.29) is 6.61 Å². The van der Waals surface area contributed by atoms with Crippen LogP contribution >= 0.6 is 0 Å². The van der Waals surface area contributed by atoms with Gasteiger partial charge in [0.1, 0.15) is 24.4 Å². The van der Waals surface area contributed by atoms with E-state index in [2.05, 4.69) is 6.58 Å². The standard InChI is InChI=1S/C25H48O5/c1-2-3-4-5-6-7-8-9-10-11-12-13-14-15-16-17-18-19-29-23-21-30-25(24(23)28)22(27)20-26/h2,22-28H,1,3-21H2/t22-,23+,24+,25+/m0/s1. The van der Waals surface area contributed by atoms with Gasteiger partial charge in [-0.2, -0.15) is 0 Å². The summed E-state index contributed by atoms with van der Waals surface area (Å²) >= 11 is 0. The summed E-state index contributed by atoms with van der Waals surface area (Å²) in [6, 6.07) is 0. The summed E-state index contributed by atoms with van der Waals surface area (Å²) in [7, 11) is 0. The largest absolute Gasteiger partial charge is 0.394 e. The minimum Gasteiger partial charge on any atom is -0.394 e. The monoisotopic (exact) mass is 428 g/mol. The minimum atomic E-state index is -1.05. The smallest absolute Gasteiger partial charge is 0.114 e. The molecule has 0 spiro atoms. The lowest BCUT2D eigenvalue weighted by atomic mass is 10.0. The van der Waals surface area contributed by atoms with E-state index in [1.165, 1.54) is 89.9 Å². The van der Waals surface area contributed by atoms with Gasteiger partial charge in [-0.15, -0.1) is 6.58 Å². The van der Waals surface area contributed by atoms with Crippen LogP contribution in [0.15, 0.2) is 12.7 Å². The highest BCUT2D eigenvalue weighted by atomic mass is 16.6. The fourth-order valence-corrected chi connectivity index (χ4v) is 4.13. The molecule has 0 saturated carbocycles. The van der Waals surface area contributed by atoms with Gasteiger partial charge in [-0.3, -0.25) is 0 Å². The summed E-state index contributed by atoms with van der Waals surface area (Å²) in [6.45, 7) is 4.24. The number of unbranched alkanes of at least 4 members (excludes halogenated alkanes) is 15. The van der Waals surface area contributed by atoms with Crippen molar-refractivity contribution in [3.63, 3.8) is 0 Å². The van der Waals surface area contributed by atoms with Crippen LogP contribution in [0.1, 0.15) is 103 Å². The lowest BCUT2D eigenvalue weighted by molar-refractivity contribution is -0.0730. The van der Waals surface area contributed by atoms with Gasteiger partial charge in [0.2, 0.25) is 0 Å². The van der Waals surface area contributed by atoms with Crippen molar-refractivity contribution in [2.75, 3.05) is 19.8 Å². The number of allylic oxidation sites excluding steroid dienone is 1. The molecule has 0 aliphatic carbocycles. The summed E-state index contributed by atoms with van der Waals surface area (Å²) < 4.78 is 11.0. The van der Waals surface area contributed by atoms with Crippen molar-refractivity contribution in [2.24, 2.45) is 0 Å². The molecule has 0 aromatic rings. The van der Waals surface area contributed by atoms with Gasteiger partial charge in [-0.1, -0.05) is 89.5 Å². The highest BCUT2D eigenvalue weighted by Crippen LogP contribution is 2.21. The van der Waals surface area contributed by atoms with Crippen molar-refractivity contribution in [1.82, 2.24) is 0 Å². The van der Waals surface area contributed by atoms with E-state index in [9.17, 15) is 10.2 Å². The van der Waals surface area contributed by atoms with Crippen molar-refractivity contribution in [2.45, 2.75) is 127 Å². The first-order chi connectivity index (χ1) is 14.7. The topological polar surface area (TPSA) is 79.2 Å². The first-order valence-corrected chi connectivity index (χ1v) is 12.5. The van der Waals surface area contributed by atoms with Crippen LogP contribution in [0.5, 0.6) is 0 Å². The Hall–Kier alpha value is -0.460. The van der Waals surface area contributed by atoms with Gasteiger partial charge in [-0.05, 0) is 19.3 Å². The predicted molar refractivity (Wildman–Crippen MR) is 123 cm³/mol. The summed E-state index contributed by atoms with van der Waals surface area (Å²) in [5, 5.41) is 28.6. The van der Waals surface area contributed by atoms with Gasteiger partial charge in [0.05, 0.1) is 13.2 Å². The molecule has 0 unspecified atom stereocenters. The fraction of sp³-hybridized carbons (Fsp3) is 0.920. The maximum atomic E-state index is 10.1. The summed E-state index contributed by atoms with van der Waals surface area (Å²) in [5.41, 5.74) is 0. The molecule has 4 atom stereocenters. The zero-order chi connectivity index (χ0) is 21.9. The number of rotatable bonds is 21. The maximum Gasteiger partial charge on any atom is 0.114 e. The molecule has 0 amide bonds. The highest BCUT2D eigenvalue weighted by molar-refractivity contribution is 4.88. The summed E-state index contributed by atoms with van der Waals surface area (Å²) in [4.78, 5) is 0. The number of ether oxygens (including phenoxy) is 2. The van der Waals surface area contributed by atoms with Gasteiger partial charge in [-0.25, -0.2) is 0 Å². The van der Waals surface area contributed by atoms with Crippen LogP contribution < -0.4 is 0 Å². The van der Waals surface area contributed by atoms with Crippen molar-refractivity contribution in [1.29, 1.82) is 0 Å². The van der Waals surface area contributed by atoms with Crippen LogP contribution in [-0.4, -0.2) is 59.6 Å². The second-order valence-electron chi connectivity index (χ2n) is 8.83. The van der Waals surface area contributed by atoms with E-state index in [0.29, 0.717) is 6.61 Å². The van der Waals surface area contributed by atoms with E-state index in [1.807, 2.05) is 6.08 Å². The van der Waals surface area contributed by atoms with Crippen molar-refractivity contribution in [3.8, 4) is 0 Å². The number of hydrogen-bond acceptors (Lipinski definition) is 5. The van der Waals surface area contributed by atoms with Gasteiger partial charge in [0.15, 0.2) is 0 Å². The normalized spacial score (nSPS) is 22.4. The molecule has 1 aliphatic rings. The molecule has 1 heterocycles. The predicted octanol–water partition coefficient (Wildman–Crippen LogP) is 4.91. The second-order valence-corrected chi connectivity index (χ2v) is 8.83. The molecule has 0 aromatic carbocycles. The van der Waals surface area contributed by atoms with Crippen LogP contribution in [0.2, 0.25) is 0 Å². The average molecular weight is 429 g/mol. The van der Waals surface area contributed by atoms with Gasteiger partial charge < -0.3 is 24.8 Å². The molecule has 1 fully saturated rings. The van der Waals surface area contributed by atoms with E-state index < -0.39 is 31.0 Å². The Morgan fingerprint density at radius 2 is 1.30 bits per heavy atom. The molecule has 1 saturated heterocycles. The average Bonchev–Trinajstić information content (AvgIpc) is 3.12. The molecule has 1 rings (SSSR count). The van der Waals surface area contributed by atoms with Crippen molar-refractivity contribution < 1.29 is 24.8 Å². The molecular formula is C25H48O5. The zero-order valence-corrected chi connectivity index (χ0v) is 19.2. The van der Waals surface area contributed by atoms with Crippen LogP contribution in [0.25, 0.3) is 0 Å². The molecule has 5 nitrogen and oxygen atoms in total. The van der Waals surface area contributed by atoms with E-state index in [1.54, 1.807) is 0 Å².